The quantitative estimate of drug-likeness (QED) is 0.898. The monoisotopic (exact) mass is 277 g/mol. The van der Waals surface area contributed by atoms with Gasteiger partial charge in [0.05, 0.1) is 12.7 Å². The van der Waals surface area contributed by atoms with Gasteiger partial charge < -0.3 is 15.2 Å². The molecule has 3 nitrogen and oxygen atoms in total. The summed E-state index contributed by atoms with van der Waals surface area (Å²) >= 11 is 0. The predicted octanol–water partition coefficient (Wildman–Crippen LogP) is 3.26. The number of benzene rings is 1. The Balaban J connectivity index is 2.32. The third-order valence-electron chi connectivity index (χ3n) is 4.82. The van der Waals surface area contributed by atoms with Gasteiger partial charge in [0.2, 0.25) is 0 Å². The molecule has 3 heteroatoms. The number of methoxy groups -OCH3 is 1. The molecule has 2 atom stereocenters. The molecule has 0 radical (unpaired) electrons. The Morgan fingerprint density at radius 3 is 2.55 bits per heavy atom. The standard InChI is InChI=1S/C17H27NO2/c1-4-16(2)13-17(9-11-18,10-12-20-16)14-5-7-15(19-3)8-6-14/h5-8H,4,9-13,18H2,1-3H3. The smallest absolute Gasteiger partial charge is 0.118 e. The fourth-order valence-electron chi connectivity index (χ4n) is 3.40. The molecule has 0 aromatic heterocycles. The lowest BCUT2D eigenvalue weighted by Crippen LogP contribution is -2.46. The first kappa shape index (κ1) is 15.3. The van der Waals surface area contributed by atoms with Crippen LogP contribution in [0.1, 0.15) is 45.1 Å². The van der Waals surface area contributed by atoms with Crippen LogP contribution in [0.3, 0.4) is 0 Å². The van der Waals surface area contributed by atoms with Crippen molar-refractivity contribution in [3.63, 3.8) is 0 Å². The van der Waals surface area contributed by atoms with E-state index >= 15 is 0 Å². The van der Waals surface area contributed by atoms with Crippen molar-refractivity contribution in [1.82, 2.24) is 0 Å². The SMILES string of the molecule is CCC1(C)CC(CCN)(c2ccc(OC)cc2)CCO1. The molecule has 1 aliphatic heterocycles. The zero-order valence-electron chi connectivity index (χ0n) is 12.9. The van der Waals surface area contributed by atoms with Crippen LogP contribution >= 0.6 is 0 Å². The molecule has 2 unspecified atom stereocenters. The maximum atomic E-state index is 6.02. The van der Waals surface area contributed by atoms with Gasteiger partial charge >= 0.3 is 0 Å². The van der Waals surface area contributed by atoms with Crippen molar-refractivity contribution in [1.29, 1.82) is 0 Å². The Morgan fingerprint density at radius 1 is 1.30 bits per heavy atom. The van der Waals surface area contributed by atoms with Gasteiger partial charge in [-0.1, -0.05) is 19.1 Å². The van der Waals surface area contributed by atoms with Gasteiger partial charge in [-0.2, -0.15) is 0 Å². The van der Waals surface area contributed by atoms with Gasteiger partial charge in [-0.25, -0.2) is 0 Å². The molecule has 0 aliphatic carbocycles. The van der Waals surface area contributed by atoms with Crippen LogP contribution in [0.5, 0.6) is 5.75 Å². The first-order valence-electron chi connectivity index (χ1n) is 7.56. The van der Waals surface area contributed by atoms with Crippen molar-refractivity contribution in [3.05, 3.63) is 29.8 Å². The summed E-state index contributed by atoms with van der Waals surface area (Å²) in [5.41, 5.74) is 7.38. The Kier molecular flexibility index (Phi) is 4.71. The van der Waals surface area contributed by atoms with Crippen LogP contribution in [0.25, 0.3) is 0 Å². The number of rotatable bonds is 5. The molecule has 1 saturated heterocycles. The molecule has 1 fully saturated rings. The van der Waals surface area contributed by atoms with Crippen LogP contribution in [-0.2, 0) is 10.2 Å². The van der Waals surface area contributed by atoms with E-state index in [9.17, 15) is 0 Å². The molecule has 112 valence electrons. The van der Waals surface area contributed by atoms with Crippen molar-refractivity contribution >= 4 is 0 Å². The molecular weight excluding hydrogens is 250 g/mol. The van der Waals surface area contributed by atoms with Gasteiger partial charge in [-0.3, -0.25) is 0 Å². The van der Waals surface area contributed by atoms with Gasteiger partial charge in [-0.05, 0) is 56.8 Å². The van der Waals surface area contributed by atoms with Crippen molar-refractivity contribution in [3.8, 4) is 5.75 Å². The summed E-state index contributed by atoms with van der Waals surface area (Å²) < 4.78 is 11.3. The van der Waals surface area contributed by atoms with Crippen molar-refractivity contribution in [2.45, 2.75) is 50.5 Å². The summed E-state index contributed by atoms with van der Waals surface area (Å²) in [5, 5.41) is 0. The lowest BCUT2D eigenvalue weighted by Gasteiger charge is -2.46. The number of nitrogens with two attached hydrogens (primary N) is 1. The Morgan fingerprint density at radius 2 is 2.00 bits per heavy atom. The van der Waals surface area contributed by atoms with Crippen molar-refractivity contribution < 1.29 is 9.47 Å². The summed E-state index contributed by atoms with van der Waals surface area (Å²) in [6.45, 7) is 5.95. The van der Waals surface area contributed by atoms with E-state index in [1.807, 2.05) is 12.1 Å². The Hall–Kier alpha value is -1.06. The molecule has 1 aromatic carbocycles. The first-order valence-corrected chi connectivity index (χ1v) is 7.56. The minimum Gasteiger partial charge on any atom is -0.497 e. The van der Waals surface area contributed by atoms with Crippen LogP contribution in [0.2, 0.25) is 0 Å². The summed E-state index contributed by atoms with van der Waals surface area (Å²) in [7, 11) is 1.70. The Labute approximate surface area is 122 Å². The van der Waals surface area contributed by atoms with Gasteiger partial charge in [0.1, 0.15) is 5.75 Å². The minimum atomic E-state index is -0.0344. The average molecular weight is 277 g/mol. The zero-order chi connectivity index (χ0) is 14.6. The van der Waals surface area contributed by atoms with Crippen molar-refractivity contribution in [2.75, 3.05) is 20.3 Å². The van der Waals surface area contributed by atoms with Gasteiger partial charge in [-0.15, -0.1) is 0 Å². The van der Waals surface area contributed by atoms with Crippen LogP contribution < -0.4 is 10.5 Å². The highest BCUT2D eigenvalue weighted by molar-refractivity contribution is 5.33. The third kappa shape index (κ3) is 2.99. The lowest BCUT2D eigenvalue weighted by atomic mass is 9.66. The fourth-order valence-corrected chi connectivity index (χ4v) is 3.40. The van der Waals surface area contributed by atoms with Gasteiger partial charge in [0.25, 0.3) is 0 Å². The van der Waals surface area contributed by atoms with E-state index in [0.29, 0.717) is 6.54 Å². The molecule has 2 rings (SSSR count). The van der Waals surface area contributed by atoms with E-state index in [2.05, 4.69) is 26.0 Å². The van der Waals surface area contributed by atoms with Gasteiger partial charge in [0, 0.05) is 12.0 Å². The normalized spacial score (nSPS) is 30.2. The first-order chi connectivity index (χ1) is 9.57. The molecule has 0 bridgehead atoms. The number of hydrogen-bond donors (Lipinski definition) is 1. The van der Waals surface area contributed by atoms with Gasteiger partial charge in [0.15, 0.2) is 0 Å². The molecule has 1 aromatic rings. The summed E-state index contributed by atoms with van der Waals surface area (Å²) in [6, 6.07) is 8.48. The van der Waals surface area contributed by atoms with Crippen molar-refractivity contribution in [2.24, 2.45) is 5.73 Å². The molecule has 0 amide bonds. The second kappa shape index (κ2) is 6.15. The van der Waals surface area contributed by atoms with Crippen LogP contribution in [-0.4, -0.2) is 25.9 Å². The molecule has 1 aliphatic rings. The summed E-state index contributed by atoms with van der Waals surface area (Å²) in [6.07, 6.45) is 4.14. The van der Waals surface area contributed by atoms with Crippen LogP contribution in [0.4, 0.5) is 0 Å². The maximum absolute atomic E-state index is 6.02. The number of ether oxygens (including phenoxy) is 2. The second-order valence-corrected chi connectivity index (χ2v) is 6.13. The van der Waals surface area contributed by atoms with E-state index in [1.54, 1.807) is 7.11 Å². The third-order valence-corrected chi connectivity index (χ3v) is 4.82. The Bertz CT molecular complexity index is 427. The highest BCUT2D eigenvalue weighted by Gasteiger charge is 2.42. The minimum absolute atomic E-state index is 0.0344. The van der Waals surface area contributed by atoms with E-state index in [0.717, 1.165) is 38.0 Å². The summed E-state index contributed by atoms with van der Waals surface area (Å²) in [4.78, 5) is 0. The van der Waals surface area contributed by atoms with E-state index < -0.39 is 0 Å². The van der Waals surface area contributed by atoms with E-state index in [1.165, 1.54) is 5.56 Å². The van der Waals surface area contributed by atoms with Crippen LogP contribution in [0.15, 0.2) is 24.3 Å². The molecule has 2 N–H and O–H groups in total. The maximum Gasteiger partial charge on any atom is 0.118 e. The molecule has 1 heterocycles. The van der Waals surface area contributed by atoms with E-state index in [-0.39, 0.29) is 11.0 Å². The highest BCUT2D eigenvalue weighted by atomic mass is 16.5. The van der Waals surface area contributed by atoms with E-state index in [4.69, 9.17) is 15.2 Å². The van der Waals surface area contributed by atoms with Crippen LogP contribution in [0, 0.1) is 0 Å². The molecule has 0 saturated carbocycles. The fraction of sp³-hybridized carbons (Fsp3) is 0.647. The zero-order valence-corrected chi connectivity index (χ0v) is 12.9. The average Bonchev–Trinajstić information content (AvgIpc) is 2.48. The predicted molar refractivity (Wildman–Crippen MR) is 82.2 cm³/mol. The second-order valence-electron chi connectivity index (χ2n) is 6.13. The summed E-state index contributed by atoms with van der Waals surface area (Å²) in [5.74, 6) is 0.905. The highest BCUT2D eigenvalue weighted by Crippen LogP contribution is 2.45. The number of hydrogen-bond acceptors (Lipinski definition) is 3. The lowest BCUT2D eigenvalue weighted by molar-refractivity contribution is -0.0976. The molecule has 20 heavy (non-hydrogen) atoms. The topological polar surface area (TPSA) is 44.5 Å². The largest absolute Gasteiger partial charge is 0.497 e. The molecular formula is C17H27NO2. The molecule has 0 spiro atoms.